The third-order valence-corrected chi connectivity index (χ3v) is 3.15. The highest BCUT2D eigenvalue weighted by molar-refractivity contribution is 8.00. The van der Waals surface area contributed by atoms with E-state index in [4.69, 9.17) is 0 Å². The molecule has 0 radical (unpaired) electrons. The smallest absolute Gasteiger partial charge is 0.348 e. The molecule has 0 aromatic heterocycles. The summed E-state index contributed by atoms with van der Waals surface area (Å²) in [7, 11) is 3.16. The van der Waals surface area contributed by atoms with Crippen molar-refractivity contribution in [2.24, 2.45) is 0 Å². The molecule has 0 atom stereocenters. The van der Waals surface area contributed by atoms with Gasteiger partial charge >= 0.3 is 6.18 Å². The molecule has 2 amide bonds. The van der Waals surface area contributed by atoms with E-state index in [0.29, 0.717) is 0 Å². The van der Waals surface area contributed by atoms with E-state index in [1.165, 1.54) is 18.7 Å². The Morgan fingerprint density at radius 3 is 1.95 bits per heavy atom. The Kier molecular flexibility index (Phi) is 7.25. The van der Waals surface area contributed by atoms with Crippen LogP contribution in [0.3, 0.4) is 0 Å². The summed E-state index contributed by atoms with van der Waals surface area (Å²) in [6.45, 7) is 1.80. The minimum Gasteiger partial charge on any atom is -0.348 e. The molecule has 19 heavy (non-hydrogen) atoms. The number of nitrogens with zero attached hydrogens (tertiary/aromatic N) is 2. The number of thioether (sulfide) groups is 1. The van der Waals surface area contributed by atoms with Gasteiger partial charge in [-0.1, -0.05) is 0 Å². The lowest BCUT2D eigenvalue weighted by atomic mass is 10.3. The SMILES string of the molecule is CC(C)N(CC(F)(F)F)C(=O)CSCC(=O)N(C)C. The summed E-state index contributed by atoms with van der Waals surface area (Å²) in [4.78, 5) is 25.1. The first-order valence-electron chi connectivity index (χ1n) is 5.68. The van der Waals surface area contributed by atoms with E-state index in [2.05, 4.69) is 0 Å². The Hall–Kier alpha value is -0.920. The fourth-order valence-corrected chi connectivity index (χ4v) is 2.06. The van der Waals surface area contributed by atoms with Crippen LogP contribution in [-0.2, 0) is 9.59 Å². The Morgan fingerprint density at radius 2 is 1.58 bits per heavy atom. The van der Waals surface area contributed by atoms with Gasteiger partial charge in [-0.2, -0.15) is 13.2 Å². The van der Waals surface area contributed by atoms with Gasteiger partial charge in [-0.15, -0.1) is 11.8 Å². The van der Waals surface area contributed by atoms with Crippen LogP contribution in [0.4, 0.5) is 13.2 Å². The number of alkyl halides is 3. The molecule has 0 saturated carbocycles. The highest BCUT2D eigenvalue weighted by atomic mass is 32.2. The molecule has 0 bridgehead atoms. The van der Waals surface area contributed by atoms with Crippen molar-refractivity contribution in [3.05, 3.63) is 0 Å². The second kappa shape index (κ2) is 7.62. The number of carbonyl (C=O) groups excluding carboxylic acids is 2. The molecule has 0 aliphatic rings. The van der Waals surface area contributed by atoms with Crippen molar-refractivity contribution >= 4 is 23.6 Å². The first kappa shape index (κ1) is 18.1. The maximum absolute atomic E-state index is 12.3. The fraction of sp³-hybridized carbons (Fsp3) is 0.818. The number of rotatable bonds is 6. The minimum atomic E-state index is -4.41. The van der Waals surface area contributed by atoms with Crippen LogP contribution >= 0.6 is 11.8 Å². The van der Waals surface area contributed by atoms with E-state index >= 15 is 0 Å². The normalized spacial score (nSPS) is 11.6. The van der Waals surface area contributed by atoms with Crippen LogP contribution in [0.5, 0.6) is 0 Å². The molecule has 4 nitrogen and oxygen atoms in total. The summed E-state index contributed by atoms with van der Waals surface area (Å²) >= 11 is 1.02. The van der Waals surface area contributed by atoms with Crippen LogP contribution in [0.15, 0.2) is 0 Å². The van der Waals surface area contributed by atoms with Gasteiger partial charge < -0.3 is 9.80 Å². The Balaban J connectivity index is 4.31. The number of carbonyl (C=O) groups is 2. The van der Waals surface area contributed by atoms with Gasteiger partial charge in [-0.25, -0.2) is 0 Å². The van der Waals surface area contributed by atoms with Crippen LogP contribution < -0.4 is 0 Å². The van der Waals surface area contributed by atoms with E-state index in [-0.39, 0.29) is 17.4 Å². The second-order valence-corrected chi connectivity index (χ2v) is 5.50. The van der Waals surface area contributed by atoms with Crippen LogP contribution in [0.1, 0.15) is 13.8 Å². The summed E-state index contributed by atoms with van der Waals surface area (Å²) in [5.41, 5.74) is 0. The van der Waals surface area contributed by atoms with Gasteiger partial charge in [0.05, 0.1) is 11.5 Å². The quantitative estimate of drug-likeness (QED) is 0.748. The number of amides is 2. The van der Waals surface area contributed by atoms with Crippen molar-refractivity contribution < 1.29 is 22.8 Å². The largest absolute Gasteiger partial charge is 0.406 e. The second-order valence-electron chi connectivity index (χ2n) is 4.51. The van der Waals surface area contributed by atoms with E-state index < -0.39 is 24.7 Å². The van der Waals surface area contributed by atoms with Gasteiger partial charge in [-0.3, -0.25) is 9.59 Å². The average molecular weight is 300 g/mol. The maximum Gasteiger partial charge on any atom is 0.406 e. The van der Waals surface area contributed by atoms with Gasteiger partial charge in [0.15, 0.2) is 0 Å². The molecule has 0 N–H and O–H groups in total. The summed E-state index contributed by atoms with van der Waals surface area (Å²) in [6.07, 6.45) is -4.41. The molecule has 0 fully saturated rings. The van der Waals surface area contributed by atoms with E-state index in [0.717, 1.165) is 16.7 Å². The standard InChI is InChI=1S/C11H19F3N2O2S/c1-8(2)16(7-11(12,13)14)10(18)6-19-5-9(17)15(3)4/h8H,5-7H2,1-4H3. The molecule has 8 heteroatoms. The zero-order chi connectivity index (χ0) is 15.2. The first-order chi connectivity index (χ1) is 8.54. The zero-order valence-electron chi connectivity index (χ0n) is 11.5. The molecular weight excluding hydrogens is 281 g/mol. The van der Waals surface area contributed by atoms with Crippen LogP contribution in [0, 0.1) is 0 Å². The molecule has 112 valence electrons. The van der Waals surface area contributed by atoms with Gasteiger partial charge in [0, 0.05) is 20.1 Å². The third-order valence-electron chi connectivity index (χ3n) is 2.24. The number of halogens is 3. The predicted octanol–water partition coefficient (Wildman–Crippen LogP) is 1.61. The number of hydrogen-bond donors (Lipinski definition) is 0. The molecule has 0 aromatic carbocycles. The van der Waals surface area contributed by atoms with Gasteiger partial charge in [-0.05, 0) is 13.8 Å². The molecular formula is C11H19F3N2O2S. The lowest BCUT2D eigenvalue weighted by molar-refractivity contribution is -0.162. The summed E-state index contributed by atoms with van der Waals surface area (Å²) in [5.74, 6) is -0.835. The highest BCUT2D eigenvalue weighted by Crippen LogP contribution is 2.19. The van der Waals surface area contributed by atoms with Crippen molar-refractivity contribution in [2.45, 2.75) is 26.1 Å². The van der Waals surface area contributed by atoms with Gasteiger partial charge in [0.2, 0.25) is 11.8 Å². The van der Waals surface area contributed by atoms with Crippen LogP contribution in [0.2, 0.25) is 0 Å². The van der Waals surface area contributed by atoms with Crippen molar-refractivity contribution in [2.75, 3.05) is 32.1 Å². The van der Waals surface area contributed by atoms with Crippen LogP contribution in [-0.4, -0.2) is 66.0 Å². The Bertz CT molecular complexity index is 320. The van der Waals surface area contributed by atoms with Gasteiger partial charge in [0.25, 0.3) is 0 Å². The maximum atomic E-state index is 12.3. The van der Waals surface area contributed by atoms with Crippen LogP contribution in [0.25, 0.3) is 0 Å². The molecule has 0 aliphatic carbocycles. The molecule has 0 spiro atoms. The minimum absolute atomic E-state index is 0.0801. The van der Waals surface area contributed by atoms with Crippen molar-refractivity contribution in [1.82, 2.24) is 9.80 Å². The first-order valence-corrected chi connectivity index (χ1v) is 6.84. The van der Waals surface area contributed by atoms with Crippen molar-refractivity contribution in [3.8, 4) is 0 Å². The van der Waals surface area contributed by atoms with Gasteiger partial charge in [0.1, 0.15) is 6.54 Å². The molecule has 0 aromatic rings. The summed E-state index contributed by atoms with van der Waals surface area (Å²) in [5, 5.41) is 0. The lowest BCUT2D eigenvalue weighted by Crippen LogP contribution is -2.44. The predicted molar refractivity (Wildman–Crippen MR) is 68.9 cm³/mol. The molecule has 0 aliphatic heterocycles. The van der Waals surface area contributed by atoms with E-state index in [9.17, 15) is 22.8 Å². The Labute approximate surface area is 115 Å². The topological polar surface area (TPSA) is 40.6 Å². The molecule has 0 unspecified atom stereocenters. The molecule has 0 saturated heterocycles. The third kappa shape index (κ3) is 7.97. The zero-order valence-corrected chi connectivity index (χ0v) is 12.3. The highest BCUT2D eigenvalue weighted by Gasteiger charge is 2.34. The summed E-state index contributed by atoms with van der Waals surface area (Å²) < 4.78 is 37.0. The van der Waals surface area contributed by atoms with Crippen molar-refractivity contribution in [1.29, 1.82) is 0 Å². The lowest BCUT2D eigenvalue weighted by Gasteiger charge is -2.27. The number of hydrogen-bond acceptors (Lipinski definition) is 3. The van der Waals surface area contributed by atoms with Crippen molar-refractivity contribution in [3.63, 3.8) is 0 Å². The Morgan fingerprint density at radius 1 is 1.11 bits per heavy atom. The monoisotopic (exact) mass is 300 g/mol. The fourth-order valence-electron chi connectivity index (χ4n) is 1.19. The summed E-state index contributed by atoms with van der Waals surface area (Å²) in [6, 6.07) is -0.528. The average Bonchev–Trinajstić information content (AvgIpc) is 2.23. The molecule has 0 heterocycles. The van der Waals surface area contributed by atoms with E-state index in [1.807, 2.05) is 0 Å². The molecule has 0 rings (SSSR count). The van der Waals surface area contributed by atoms with E-state index in [1.54, 1.807) is 14.1 Å².